The first-order chi connectivity index (χ1) is 16.5. The highest BCUT2D eigenvalue weighted by Gasteiger charge is 2.24. The Morgan fingerprint density at radius 1 is 0.971 bits per heavy atom. The van der Waals surface area contributed by atoms with Crippen LogP contribution < -0.4 is 5.32 Å². The lowest BCUT2D eigenvalue weighted by Crippen LogP contribution is -2.23. The molecule has 0 aliphatic rings. The zero-order valence-electron chi connectivity index (χ0n) is 19.6. The second kappa shape index (κ2) is 10.9. The molecule has 2 aromatic heterocycles. The van der Waals surface area contributed by atoms with Crippen molar-refractivity contribution in [1.82, 2.24) is 19.7 Å². The van der Waals surface area contributed by atoms with Gasteiger partial charge in [-0.2, -0.15) is 0 Å². The fraction of sp³-hybridized carbons (Fsp3) is 0.231. The second-order valence-corrected chi connectivity index (χ2v) is 10.2. The van der Waals surface area contributed by atoms with E-state index >= 15 is 0 Å². The number of nitrogens with zero attached hydrogens (tertiary/aromatic N) is 4. The smallest absolute Gasteiger partial charge is 0.237 e. The number of benzene rings is 2. The minimum absolute atomic E-state index is 0.0823. The predicted molar refractivity (Wildman–Crippen MR) is 141 cm³/mol. The number of nitrogens with one attached hydrogen (secondary N) is 1. The average molecular weight is 490 g/mol. The molecule has 0 bridgehead atoms. The van der Waals surface area contributed by atoms with Gasteiger partial charge in [0, 0.05) is 22.9 Å². The molecule has 0 aliphatic carbocycles. The van der Waals surface area contributed by atoms with E-state index in [1.165, 1.54) is 17.3 Å². The van der Waals surface area contributed by atoms with Gasteiger partial charge in [0.05, 0.1) is 16.6 Å². The molecule has 0 radical (unpaired) electrons. The number of carbonyl (C=O) groups excluding carboxylic acids is 1. The summed E-state index contributed by atoms with van der Waals surface area (Å²) in [4.78, 5) is 18.4. The van der Waals surface area contributed by atoms with E-state index in [9.17, 15) is 4.79 Å². The van der Waals surface area contributed by atoms with Gasteiger partial charge in [-0.15, -0.1) is 22.0 Å². The molecule has 0 spiro atoms. The summed E-state index contributed by atoms with van der Waals surface area (Å²) < 4.78 is 2.04. The first-order valence-electron chi connectivity index (χ1n) is 11.0. The number of rotatable bonds is 8. The normalized spacial score (nSPS) is 12.0. The summed E-state index contributed by atoms with van der Waals surface area (Å²) in [6.45, 7) is 6.22. The van der Waals surface area contributed by atoms with E-state index in [-0.39, 0.29) is 11.2 Å². The number of aromatic nitrogens is 4. The zero-order chi connectivity index (χ0) is 24.1. The van der Waals surface area contributed by atoms with E-state index in [1.54, 1.807) is 24.2 Å². The summed E-state index contributed by atoms with van der Waals surface area (Å²) in [5.74, 6) is 0.923. The Balaban J connectivity index is 1.70. The number of hydrogen-bond acceptors (Lipinski definition) is 6. The van der Waals surface area contributed by atoms with Crippen LogP contribution in [0.4, 0.5) is 5.69 Å². The van der Waals surface area contributed by atoms with Crippen molar-refractivity contribution in [2.75, 3.05) is 11.6 Å². The van der Waals surface area contributed by atoms with Crippen molar-refractivity contribution in [3.63, 3.8) is 0 Å². The van der Waals surface area contributed by atoms with E-state index in [0.29, 0.717) is 16.9 Å². The van der Waals surface area contributed by atoms with Gasteiger partial charge >= 0.3 is 0 Å². The molecule has 0 saturated heterocycles. The Morgan fingerprint density at radius 3 is 2.47 bits per heavy atom. The van der Waals surface area contributed by atoms with Gasteiger partial charge in [-0.05, 0) is 55.0 Å². The fourth-order valence-electron chi connectivity index (χ4n) is 3.62. The number of para-hydroxylation sites is 2. The molecule has 2 aromatic carbocycles. The number of pyridine rings is 1. The van der Waals surface area contributed by atoms with Gasteiger partial charge in [-0.3, -0.25) is 14.3 Å². The number of hydrogen-bond donors (Lipinski definition) is 1. The lowest BCUT2D eigenvalue weighted by Gasteiger charge is -2.18. The molecule has 1 unspecified atom stereocenters. The number of anilines is 1. The Labute approximate surface area is 208 Å². The van der Waals surface area contributed by atoms with Crippen molar-refractivity contribution in [3.05, 3.63) is 78.6 Å². The molecule has 34 heavy (non-hydrogen) atoms. The quantitative estimate of drug-likeness (QED) is 0.293. The van der Waals surface area contributed by atoms with Gasteiger partial charge in [0.15, 0.2) is 11.0 Å². The fourth-order valence-corrected chi connectivity index (χ4v) is 5.03. The summed E-state index contributed by atoms with van der Waals surface area (Å²) in [5, 5.41) is 12.3. The van der Waals surface area contributed by atoms with Crippen LogP contribution in [0.15, 0.2) is 83.1 Å². The molecule has 1 amide bonds. The third-order valence-electron chi connectivity index (χ3n) is 5.37. The van der Waals surface area contributed by atoms with Gasteiger partial charge in [0.25, 0.3) is 0 Å². The predicted octanol–water partition coefficient (Wildman–Crippen LogP) is 6.29. The lowest BCUT2D eigenvalue weighted by atomic mass is 10.0. The van der Waals surface area contributed by atoms with Crippen LogP contribution in [0, 0.1) is 0 Å². The first-order valence-corrected chi connectivity index (χ1v) is 13.2. The molecule has 1 atom stereocenters. The topological polar surface area (TPSA) is 72.7 Å². The maximum absolute atomic E-state index is 13.1. The van der Waals surface area contributed by atoms with Crippen LogP contribution >= 0.6 is 23.5 Å². The molecule has 6 nitrogen and oxygen atoms in total. The minimum Gasteiger partial charge on any atom is -0.324 e. The van der Waals surface area contributed by atoms with Crippen molar-refractivity contribution in [3.8, 4) is 17.1 Å². The Kier molecular flexibility index (Phi) is 7.70. The summed E-state index contributed by atoms with van der Waals surface area (Å²) in [6, 6.07) is 19.9. The van der Waals surface area contributed by atoms with E-state index in [4.69, 9.17) is 0 Å². The van der Waals surface area contributed by atoms with Crippen LogP contribution in [0.25, 0.3) is 17.1 Å². The van der Waals surface area contributed by atoms with Crippen molar-refractivity contribution in [1.29, 1.82) is 0 Å². The molecule has 0 fully saturated rings. The summed E-state index contributed by atoms with van der Waals surface area (Å²) in [7, 11) is 0. The SMILES string of the molecule is CSc1ccccc1NC(=O)C(C)Sc1nnc(-c2cccnc2)n1-c1ccccc1C(C)C. The zero-order valence-corrected chi connectivity index (χ0v) is 21.2. The largest absolute Gasteiger partial charge is 0.324 e. The molecule has 8 heteroatoms. The van der Waals surface area contributed by atoms with Gasteiger partial charge < -0.3 is 5.32 Å². The van der Waals surface area contributed by atoms with Crippen molar-refractivity contribution in [2.45, 2.75) is 42.0 Å². The highest BCUT2D eigenvalue weighted by atomic mass is 32.2. The van der Waals surface area contributed by atoms with Gasteiger partial charge in [-0.25, -0.2) is 0 Å². The molecule has 4 aromatic rings. The lowest BCUT2D eigenvalue weighted by molar-refractivity contribution is -0.115. The number of amides is 1. The van der Waals surface area contributed by atoms with Crippen LogP contribution in [-0.4, -0.2) is 37.2 Å². The van der Waals surface area contributed by atoms with Crippen LogP contribution in [0.3, 0.4) is 0 Å². The maximum Gasteiger partial charge on any atom is 0.237 e. The van der Waals surface area contributed by atoms with Crippen molar-refractivity contribution in [2.24, 2.45) is 0 Å². The average Bonchev–Trinajstić information content (AvgIpc) is 3.28. The Morgan fingerprint density at radius 2 is 1.74 bits per heavy atom. The van der Waals surface area contributed by atoms with E-state index in [2.05, 4.69) is 46.5 Å². The molecule has 0 aliphatic heterocycles. The summed E-state index contributed by atoms with van der Waals surface area (Å²) in [6.07, 6.45) is 5.51. The molecular formula is C26H27N5OS2. The number of carbonyl (C=O) groups is 1. The first kappa shape index (κ1) is 24.0. The van der Waals surface area contributed by atoms with E-state index in [1.807, 2.05) is 66.3 Å². The molecule has 1 N–H and O–H groups in total. The van der Waals surface area contributed by atoms with Crippen molar-refractivity contribution >= 4 is 35.1 Å². The Bertz CT molecular complexity index is 1270. The highest BCUT2D eigenvalue weighted by Crippen LogP contribution is 2.34. The maximum atomic E-state index is 13.1. The third kappa shape index (κ3) is 5.18. The summed E-state index contributed by atoms with van der Waals surface area (Å²) in [5.41, 5.74) is 3.87. The number of thioether (sulfide) groups is 2. The standard InChI is InChI=1S/C26H27N5OS2/c1-17(2)20-11-5-7-13-22(20)31-24(19-10-9-15-27-16-19)29-30-26(31)34-18(3)25(32)28-21-12-6-8-14-23(21)33-4/h5-18H,1-4H3,(H,28,32). The van der Waals surface area contributed by atoms with Crippen LogP contribution in [0.5, 0.6) is 0 Å². The molecule has 2 heterocycles. The summed E-state index contributed by atoms with van der Waals surface area (Å²) >= 11 is 3.00. The van der Waals surface area contributed by atoms with E-state index in [0.717, 1.165) is 21.8 Å². The molecule has 174 valence electrons. The van der Waals surface area contributed by atoms with Gasteiger partial charge in [0.1, 0.15) is 0 Å². The van der Waals surface area contributed by atoms with E-state index < -0.39 is 0 Å². The minimum atomic E-state index is -0.383. The van der Waals surface area contributed by atoms with Crippen molar-refractivity contribution < 1.29 is 4.79 Å². The Hall–Kier alpha value is -3.10. The molecular weight excluding hydrogens is 462 g/mol. The van der Waals surface area contributed by atoms with Gasteiger partial charge in [0.2, 0.25) is 5.91 Å². The monoisotopic (exact) mass is 489 g/mol. The molecule has 4 rings (SSSR count). The van der Waals surface area contributed by atoms with Crippen LogP contribution in [0.2, 0.25) is 0 Å². The third-order valence-corrected chi connectivity index (χ3v) is 7.21. The molecule has 0 saturated carbocycles. The van der Waals surface area contributed by atoms with Crippen LogP contribution in [-0.2, 0) is 4.79 Å². The van der Waals surface area contributed by atoms with Gasteiger partial charge in [-0.1, -0.05) is 55.9 Å². The van der Waals surface area contributed by atoms with Crippen LogP contribution in [0.1, 0.15) is 32.3 Å². The second-order valence-electron chi connectivity index (χ2n) is 8.05. The highest BCUT2D eigenvalue weighted by molar-refractivity contribution is 8.00.